The van der Waals surface area contributed by atoms with Gasteiger partial charge in [0.25, 0.3) is 5.91 Å². The van der Waals surface area contributed by atoms with Gasteiger partial charge in [-0.25, -0.2) is 9.78 Å². The molecule has 0 unspecified atom stereocenters. The van der Waals surface area contributed by atoms with Crippen molar-refractivity contribution < 1.29 is 28.9 Å². The topological polar surface area (TPSA) is 126 Å². The Morgan fingerprint density at radius 1 is 1.21 bits per heavy atom. The number of aliphatic hydroxyl groups is 1. The number of likely N-dealkylation sites (N-methyl/N-ethyl adjacent to an activating group) is 1. The highest BCUT2D eigenvalue weighted by Gasteiger charge is 2.35. The summed E-state index contributed by atoms with van der Waals surface area (Å²) >= 11 is 0. The summed E-state index contributed by atoms with van der Waals surface area (Å²) in [5.74, 6) is 0.945. The number of carbonyl (C=O) groups excluding carboxylic acids is 2. The van der Waals surface area contributed by atoms with E-state index in [-0.39, 0.29) is 43.7 Å². The maximum Gasteiger partial charge on any atom is 0.321 e. The molecular weight excluding hydrogens is 502 g/mol. The molecule has 39 heavy (non-hydrogen) atoms. The van der Waals surface area contributed by atoms with Crippen molar-refractivity contribution in [3.8, 4) is 28.5 Å². The fraction of sp³-hybridized carbons (Fsp3) is 0.357. The lowest BCUT2D eigenvalue weighted by Gasteiger charge is -2.37. The predicted octanol–water partition coefficient (Wildman–Crippen LogP) is 3.26. The lowest BCUT2D eigenvalue weighted by molar-refractivity contribution is 0.0356. The summed E-state index contributed by atoms with van der Waals surface area (Å²) < 4.78 is 17.0. The number of aromatic nitrogens is 2. The summed E-state index contributed by atoms with van der Waals surface area (Å²) in [5, 5.41) is 12.8. The smallest absolute Gasteiger partial charge is 0.321 e. The number of anilines is 1. The second-order valence-electron chi connectivity index (χ2n) is 9.82. The second kappa shape index (κ2) is 11.2. The summed E-state index contributed by atoms with van der Waals surface area (Å²) in [7, 11) is 1.68. The van der Waals surface area contributed by atoms with E-state index in [1.165, 1.54) is 4.90 Å². The van der Waals surface area contributed by atoms with Crippen molar-refractivity contribution in [1.82, 2.24) is 19.8 Å². The van der Waals surface area contributed by atoms with Crippen LogP contribution in [0.15, 0.2) is 55.0 Å². The SMILES string of the molecule is C[C@H]1CN([C@@H](C)CO)C(=O)c2cc(-c3cccnc3)cnc2O[C@@H]1CN(C)C(=O)Nc1ccc2c(c1)OCO2. The molecule has 0 aliphatic carbocycles. The minimum Gasteiger partial charge on any atom is -0.472 e. The molecule has 4 heterocycles. The normalized spacial score (nSPS) is 18.9. The van der Waals surface area contributed by atoms with Gasteiger partial charge in [0, 0.05) is 61.0 Å². The summed E-state index contributed by atoms with van der Waals surface area (Å²) in [4.78, 5) is 38.5. The number of nitrogens with one attached hydrogen (secondary N) is 1. The van der Waals surface area contributed by atoms with Crippen LogP contribution in [0, 0.1) is 5.92 Å². The number of rotatable bonds is 6. The summed E-state index contributed by atoms with van der Waals surface area (Å²) in [6.07, 6.45) is 4.54. The van der Waals surface area contributed by atoms with Gasteiger partial charge in [-0.1, -0.05) is 13.0 Å². The molecule has 3 aromatic rings. The number of benzene rings is 1. The number of urea groups is 1. The van der Waals surface area contributed by atoms with Crippen molar-refractivity contribution in [2.75, 3.05) is 38.9 Å². The fourth-order valence-electron chi connectivity index (χ4n) is 4.56. The minimum absolute atomic E-state index is 0.150. The van der Waals surface area contributed by atoms with E-state index < -0.39 is 12.1 Å². The van der Waals surface area contributed by atoms with Gasteiger partial charge < -0.3 is 34.4 Å². The minimum atomic E-state index is -0.477. The zero-order valence-electron chi connectivity index (χ0n) is 22.0. The highest BCUT2D eigenvalue weighted by atomic mass is 16.7. The van der Waals surface area contributed by atoms with Crippen LogP contribution in [0.5, 0.6) is 17.4 Å². The van der Waals surface area contributed by atoms with Gasteiger partial charge in [-0.05, 0) is 31.2 Å². The molecule has 0 bridgehead atoms. The molecule has 0 saturated carbocycles. The van der Waals surface area contributed by atoms with Gasteiger partial charge in [-0.15, -0.1) is 0 Å². The monoisotopic (exact) mass is 533 g/mol. The number of carbonyl (C=O) groups is 2. The number of aliphatic hydroxyl groups excluding tert-OH is 1. The van der Waals surface area contributed by atoms with Crippen molar-refractivity contribution in [3.63, 3.8) is 0 Å². The largest absolute Gasteiger partial charge is 0.472 e. The van der Waals surface area contributed by atoms with Crippen molar-refractivity contribution in [2.24, 2.45) is 5.92 Å². The molecule has 2 aliphatic heterocycles. The van der Waals surface area contributed by atoms with Gasteiger partial charge >= 0.3 is 6.03 Å². The van der Waals surface area contributed by atoms with Crippen molar-refractivity contribution in [2.45, 2.75) is 26.0 Å². The van der Waals surface area contributed by atoms with E-state index in [0.29, 0.717) is 29.3 Å². The van der Waals surface area contributed by atoms with Gasteiger partial charge in [0.1, 0.15) is 11.7 Å². The summed E-state index contributed by atoms with van der Waals surface area (Å²) in [5.41, 5.74) is 2.40. The highest BCUT2D eigenvalue weighted by molar-refractivity contribution is 5.98. The molecule has 204 valence electrons. The van der Waals surface area contributed by atoms with Crippen LogP contribution in [-0.2, 0) is 0 Å². The standard InChI is InChI=1S/C28H31N5O6/c1-17-13-33(18(2)15-34)27(35)22-9-20(19-5-4-8-29-11-19)12-30-26(22)39-25(17)14-32(3)28(36)31-21-6-7-23-24(10-21)38-16-37-23/h4-12,17-18,25,34H,13-16H2,1-3H3,(H,31,36)/t17-,18-,25+/m0/s1. The van der Waals surface area contributed by atoms with Crippen LogP contribution in [0.3, 0.4) is 0 Å². The van der Waals surface area contributed by atoms with Crippen LogP contribution in [-0.4, -0.2) is 82.5 Å². The third-order valence-corrected chi connectivity index (χ3v) is 6.94. The lowest BCUT2D eigenvalue weighted by atomic mass is 9.99. The first-order valence-corrected chi connectivity index (χ1v) is 12.7. The van der Waals surface area contributed by atoms with Crippen LogP contribution < -0.4 is 19.5 Å². The Kier molecular flexibility index (Phi) is 7.51. The predicted molar refractivity (Wildman–Crippen MR) is 143 cm³/mol. The number of fused-ring (bicyclic) bond motifs is 2. The van der Waals surface area contributed by atoms with E-state index in [1.807, 2.05) is 19.1 Å². The van der Waals surface area contributed by atoms with E-state index in [2.05, 4.69) is 15.3 Å². The first kappa shape index (κ1) is 26.2. The molecule has 11 nitrogen and oxygen atoms in total. The zero-order valence-corrected chi connectivity index (χ0v) is 22.0. The third-order valence-electron chi connectivity index (χ3n) is 6.94. The third kappa shape index (κ3) is 5.58. The maximum atomic E-state index is 13.6. The van der Waals surface area contributed by atoms with Crippen LogP contribution >= 0.6 is 0 Å². The maximum absolute atomic E-state index is 13.6. The number of hydrogen-bond donors (Lipinski definition) is 2. The van der Waals surface area contributed by atoms with Crippen LogP contribution in [0.25, 0.3) is 11.1 Å². The molecule has 11 heteroatoms. The Labute approximate surface area is 226 Å². The fourth-order valence-corrected chi connectivity index (χ4v) is 4.56. The molecule has 3 atom stereocenters. The van der Waals surface area contributed by atoms with Crippen molar-refractivity contribution in [3.05, 3.63) is 60.6 Å². The molecular formula is C28H31N5O6. The quantitative estimate of drug-likeness (QED) is 0.495. The van der Waals surface area contributed by atoms with Gasteiger partial charge in [0.2, 0.25) is 12.7 Å². The van der Waals surface area contributed by atoms with Crippen LogP contribution in [0.1, 0.15) is 24.2 Å². The van der Waals surface area contributed by atoms with E-state index in [1.54, 1.807) is 61.7 Å². The van der Waals surface area contributed by atoms with Gasteiger partial charge in [0.15, 0.2) is 11.5 Å². The number of hydrogen-bond acceptors (Lipinski definition) is 8. The van der Waals surface area contributed by atoms with E-state index in [4.69, 9.17) is 14.2 Å². The average molecular weight is 534 g/mol. The molecule has 5 rings (SSSR count). The molecule has 1 aromatic carbocycles. The van der Waals surface area contributed by atoms with E-state index in [9.17, 15) is 14.7 Å². The Morgan fingerprint density at radius 2 is 2.03 bits per heavy atom. The zero-order chi connectivity index (χ0) is 27.5. The second-order valence-corrected chi connectivity index (χ2v) is 9.82. The first-order valence-electron chi connectivity index (χ1n) is 12.7. The van der Waals surface area contributed by atoms with Gasteiger partial charge in [-0.2, -0.15) is 0 Å². The number of amides is 3. The van der Waals surface area contributed by atoms with Crippen molar-refractivity contribution >= 4 is 17.6 Å². The molecule has 3 amide bonds. The Hall–Kier alpha value is -4.38. The van der Waals surface area contributed by atoms with E-state index in [0.717, 1.165) is 11.1 Å². The Bertz CT molecular complexity index is 1350. The van der Waals surface area contributed by atoms with Gasteiger partial charge in [-0.3, -0.25) is 9.78 Å². The first-order chi connectivity index (χ1) is 18.8. The van der Waals surface area contributed by atoms with Crippen LogP contribution in [0.2, 0.25) is 0 Å². The Morgan fingerprint density at radius 3 is 2.79 bits per heavy atom. The number of pyridine rings is 2. The summed E-state index contributed by atoms with van der Waals surface area (Å²) in [6.45, 7) is 4.28. The molecule has 2 aromatic heterocycles. The van der Waals surface area contributed by atoms with E-state index >= 15 is 0 Å². The Balaban J connectivity index is 1.38. The molecule has 2 N–H and O–H groups in total. The number of nitrogens with zero attached hydrogens (tertiary/aromatic N) is 4. The highest BCUT2D eigenvalue weighted by Crippen LogP contribution is 2.34. The van der Waals surface area contributed by atoms with Crippen molar-refractivity contribution in [1.29, 1.82) is 0 Å². The number of ether oxygens (including phenoxy) is 3. The van der Waals surface area contributed by atoms with Crippen LogP contribution in [0.4, 0.5) is 10.5 Å². The molecule has 0 fully saturated rings. The molecule has 0 spiro atoms. The lowest BCUT2D eigenvalue weighted by Crippen LogP contribution is -2.50. The average Bonchev–Trinajstić information content (AvgIpc) is 3.42. The summed E-state index contributed by atoms with van der Waals surface area (Å²) in [6, 6.07) is 9.89. The molecule has 0 saturated heterocycles. The molecule has 2 aliphatic rings. The van der Waals surface area contributed by atoms with Gasteiger partial charge in [0.05, 0.1) is 19.2 Å². The molecule has 0 radical (unpaired) electrons.